The predicted octanol–water partition coefficient (Wildman–Crippen LogP) is 33.5. The van der Waals surface area contributed by atoms with Crippen LogP contribution in [0.25, 0.3) is 244 Å². The van der Waals surface area contributed by atoms with E-state index in [9.17, 15) is 0 Å². The Morgan fingerprint density at radius 1 is 0.101 bits per heavy atom. The van der Waals surface area contributed by atoms with Crippen molar-refractivity contribution in [1.82, 2.24) is 42.4 Å². The van der Waals surface area contributed by atoms with E-state index in [0.717, 1.165) is 50.3 Å². The molecule has 0 saturated carbocycles. The number of benzene rings is 21. The third kappa shape index (κ3) is 14.0. The molecule has 21 aromatic carbocycles. The fourth-order valence-corrected chi connectivity index (χ4v) is 21.0. The first-order valence-electron chi connectivity index (χ1n) is 47.0. The fraction of sp³-hybridized carbons (Fsp3) is 0. The highest BCUT2D eigenvalue weighted by Gasteiger charge is 2.24. The van der Waals surface area contributed by atoms with Crippen molar-refractivity contribution in [2.45, 2.75) is 0 Å². The average Bonchev–Trinajstić information content (AvgIpc) is 1.59. The Hall–Kier alpha value is -18.6. The Kier molecular flexibility index (Phi) is 19.7. The van der Waals surface area contributed by atoms with Gasteiger partial charge in [0.2, 0.25) is 0 Å². The van der Waals surface area contributed by atoms with E-state index in [1.54, 1.807) is 0 Å². The molecule has 0 aliphatic heterocycles. The second-order valence-electron chi connectivity index (χ2n) is 35.3. The van der Waals surface area contributed by atoms with Crippen LogP contribution in [0.3, 0.4) is 0 Å². The molecular weight excluding hydrogens is 1680 g/mol. The lowest BCUT2D eigenvalue weighted by Crippen LogP contribution is -2.00. The molecule has 0 N–H and O–H groups in total. The molecule has 0 radical (unpaired) electrons. The van der Waals surface area contributed by atoms with Gasteiger partial charge < -0.3 is 27.4 Å². The van der Waals surface area contributed by atoms with E-state index in [1.807, 2.05) is 60.7 Å². The molecule has 0 fully saturated rings. The maximum Gasteiger partial charge on any atom is 0.164 e. The monoisotopic (exact) mass is 1760 g/mol. The smallest absolute Gasteiger partial charge is 0.164 e. The maximum absolute atomic E-state index is 4.97. The van der Waals surface area contributed by atoms with E-state index in [4.69, 9.17) is 15.0 Å². The van der Waals surface area contributed by atoms with E-state index in [2.05, 4.69) is 482 Å². The summed E-state index contributed by atoms with van der Waals surface area (Å²) in [7, 11) is 0. The lowest BCUT2D eigenvalue weighted by molar-refractivity contribution is 1.07. The van der Waals surface area contributed by atoms with Gasteiger partial charge in [0, 0.05) is 115 Å². The summed E-state index contributed by atoms with van der Waals surface area (Å²) in [4.78, 5) is 14.8. The van der Waals surface area contributed by atoms with Gasteiger partial charge in [0.15, 0.2) is 17.5 Å². The topological polar surface area (TPSA) is 68.2 Å². The van der Waals surface area contributed by atoms with Gasteiger partial charge in [-0.1, -0.05) is 346 Å². The summed E-state index contributed by atoms with van der Waals surface area (Å²) in [5, 5.41) is 15.1. The summed E-state index contributed by atoms with van der Waals surface area (Å²) in [6, 6.07) is 184. The molecule has 9 nitrogen and oxygen atoms in total. The highest BCUT2D eigenvalue weighted by atomic mass is 15.0. The Balaban J connectivity index is 0.000000109. The van der Waals surface area contributed by atoms with Gasteiger partial charge in [-0.3, -0.25) is 0 Å². The van der Waals surface area contributed by atoms with Gasteiger partial charge in [-0.2, -0.15) is 0 Å². The second-order valence-corrected chi connectivity index (χ2v) is 35.3. The van der Waals surface area contributed by atoms with Crippen LogP contribution in [0.5, 0.6) is 0 Å². The van der Waals surface area contributed by atoms with Crippen molar-refractivity contribution in [3.8, 4) is 113 Å². The SMILES string of the molecule is c1ccc(-c2ccc(-n3c4ccccc4c4ccc(-c5ccc6c(c5)c5ccccc5n6-c5ccccc5)cc43)cc2)cc1.c1ccc(-c2nc(-c3ccccc3)nc(-c3ccc(-n4c5ccccc5c5ccc(-c6ccc7c8ccccc8n(-c8ccccc8)c7c6)cc54)cc3)n2)cc1.c1ccc(-n2c3ccccc3c3cc(-c4ccc5c6ccccc6n(-c6ccccc6)c5c4)ccc32)cc1. The standard InChI is InChI=1S/C51H33N5.C42H28N2.C36H24N2/c1-4-14-34(15-5-1)49-52-50(35-16-6-2-7-17-35)54-51(53-49)36-24-28-40(29-25-36)56-46-23-13-11-21-42(46)44-31-27-38(33-48(44)56)37-26-30-43-41-20-10-12-22-45(41)55(47(43)32-37)39-18-8-3-9-19-39;1-3-11-29(12-4-1)30-19-23-34(24-20-30)44-39-17-9-7-15-35(39)37-25-21-32(28-42(37)44)31-22-26-41-38(27-31)36-16-8-10-18-40(36)43(41)33-13-5-2-6-14-33;1-3-11-27(12-4-1)37-34-18-10-8-16-30(34)32-23-25(20-22-35(32)37)26-19-21-31-29-15-7-9-17-33(29)38(36(31)24-26)28-13-5-2-6-14-28/h1-33H;1-28H;1-24H. The first kappa shape index (κ1) is 80.3. The summed E-state index contributed by atoms with van der Waals surface area (Å²) in [6.45, 7) is 0. The third-order valence-electron chi connectivity index (χ3n) is 27.4. The number of aromatic nitrogens is 9. The van der Waals surface area contributed by atoms with Crippen molar-refractivity contribution in [3.63, 3.8) is 0 Å². The molecule has 0 unspecified atom stereocenters. The molecule has 0 aliphatic carbocycles. The molecular formula is C129H85N9. The predicted molar refractivity (Wildman–Crippen MR) is 577 cm³/mol. The largest absolute Gasteiger partial charge is 0.309 e. The number of fused-ring (bicyclic) bond motifs is 18. The molecule has 0 bridgehead atoms. The maximum atomic E-state index is 4.97. The molecule has 7 heterocycles. The third-order valence-corrected chi connectivity index (χ3v) is 27.4. The van der Waals surface area contributed by atoms with Crippen LogP contribution in [0.4, 0.5) is 0 Å². The molecule has 0 amide bonds. The van der Waals surface area contributed by atoms with E-state index in [1.165, 1.54) is 176 Å². The molecule has 7 aromatic heterocycles. The molecule has 0 spiro atoms. The van der Waals surface area contributed by atoms with Gasteiger partial charge in [-0.15, -0.1) is 0 Å². The highest BCUT2D eigenvalue weighted by Crippen LogP contribution is 2.45. The first-order chi connectivity index (χ1) is 68.5. The molecule has 0 atom stereocenters. The molecule has 0 aliphatic rings. The van der Waals surface area contributed by atoms with E-state index >= 15 is 0 Å². The van der Waals surface area contributed by atoms with Crippen molar-refractivity contribution in [1.29, 1.82) is 0 Å². The zero-order valence-electron chi connectivity index (χ0n) is 75.1. The number of hydrogen-bond donors (Lipinski definition) is 0. The van der Waals surface area contributed by atoms with Crippen molar-refractivity contribution < 1.29 is 0 Å². The van der Waals surface area contributed by atoms with Crippen LogP contribution in [0.2, 0.25) is 0 Å². The first-order valence-corrected chi connectivity index (χ1v) is 47.0. The van der Waals surface area contributed by atoms with Crippen molar-refractivity contribution in [3.05, 3.63) is 516 Å². The Labute approximate surface area is 796 Å². The quantitative estimate of drug-likeness (QED) is 0.116. The van der Waals surface area contributed by atoms with Crippen LogP contribution in [0.1, 0.15) is 0 Å². The average molecular weight is 1760 g/mol. The lowest BCUT2D eigenvalue weighted by atomic mass is 10.0. The van der Waals surface area contributed by atoms with Crippen LogP contribution >= 0.6 is 0 Å². The van der Waals surface area contributed by atoms with Gasteiger partial charge >= 0.3 is 0 Å². The number of rotatable bonds is 13. The molecule has 0 saturated heterocycles. The minimum atomic E-state index is 0.636. The molecule has 28 aromatic rings. The summed E-state index contributed by atoms with van der Waals surface area (Å²) in [6.07, 6.45) is 0. The van der Waals surface area contributed by atoms with Crippen LogP contribution in [0, 0.1) is 0 Å². The van der Waals surface area contributed by atoms with Gasteiger partial charge in [0.05, 0.1) is 66.2 Å². The van der Waals surface area contributed by atoms with Crippen molar-refractivity contribution in [2.24, 2.45) is 0 Å². The zero-order chi connectivity index (χ0) is 91.1. The Morgan fingerprint density at radius 2 is 0.268 bits per heavy atom. The molecule has 9 heteroatoms. The molecule has 646 valence electrons. The molecule has 28 rings (SSSR count). The van der Waals surface area contributed by atoms with Crippen LogP contribution < -0.4 is 0 Å². The summed E-state index contributed by atoms with van der Waals surface area (Å²) < 4.78 is 14.3. The van der Waals surface area contributed by atoms with Gasteiger partial charge in [-0.05, 0) is 214 Å². The molecule has 138 heavy (non-hydrogen) atoms. The van der Waals surface area contributed by atoms with Crippen molar-refractivity contribution >= 4 is 131 Å². The Morgan fingerprint density at radius 3 is 0.543 bits per heavy atom. The minimum absolute atomic E-state index is 0.636. The second kappa shape index (κ2) is 33.9. The summed E-state index contributed by atoms with van der Waals surface area (Å²) in [5.41, 5.74) is 33.9. The van der Waals surface area contributed by atoms with Gasteiger partial charge in [-0.25, -0.2) is 15.0 Å². The lowest BCUT2D eigenvalue weighted by Gasteiger charge is -2.12. The van der Waals surface area contributed by atoms with Crippen LogP contribution in [-0.2, 0) is 0 Å². The van der Waals surface area contributed by atoms with E-state index < -0.39 is 0 Å². The zero-order valence-corrected chi connectivity index (χ0v) is 75.1. The van der Waals surface area contributed by atoms with E-state index in [-0.39, 0.29) is 0 Å². The Bertz CT molecular complexity index is 9470. The number of hydrogen-bond acceptors (Lipinski definition) is 3. The minimum Gasteiger partial charge on any atom is -0.309 e. The van der Waals surface area contributed by atoms with Crippen molar-refractivity contribution in [2.75, 3.05) is 0 Å². The number of para-hydroxylation sites is 10. The van der Waals surface area contributed by atoms with Gasteiger partial charge in [0.1, 0.15) is 0 Å². The summed E-state index contributed by atoms with van der Waals surface area (Å²) in [5.74, 6) is 1.93. The van der Waals surface area contributed by atoms with Gasteiger partial charge in [0.25, 0.3) is 0 Å². The fourth-order valence-electron chi connectivity index (χ4n) is 21.0. The van der Waals surface area contributed by atoms with Crippen LogP contribution in [-0.4, -0.2) is 42.4 Å². The van der Waals surface area contributed by atoms with E-state index in [0.29, 0.717) is 17.5 Å². The van der Waals surface area contributed by atoms with Crippen LogP contribution in [0.15, 0.2) is 516 Å². The number of nitrogens with zero attached hydrogens (tertiary/aromatic N) is 9. The summed E-state index contributed by atoms with van der Waals surface area (Å²) >= 11 is 0. The normalized spacial score (nSPS) is 11.6. The highest BCUT2D eigenvalue weighted by molar-refractivity contribution is 6.17.